The van der Waals surface area contributed by atoms with E-state index in [9.17, 15) is 19.7 Å². The number of H-pyrrole nitrogens is 1. The van der Waals surface area contributed by atoms with E-state index < -0.39 is 16.9 Å². The van der Waals surface area contributed by atoms with Gasteiger partial charge in [0.15, 0.2) is 4.80 Å². The Bertz CT molecular complexity index is 1870. The molecule has 0 saturated heterocycles. The number of carbonyl (C=O) groups is 1. The summed E-state index contributed by atoms with van der Waals surface area (Å²) in [7, 11) is 3.05. The monoisotopic (exact) mass is 574 g/mol. The van der Waals surface area contributed by atoms with Crippen LogP contribution in [0.5, 0.6) is 11.5 Å². The second kappa shape index (κ2) is 11.3. The minimum atomic E-state index is -0.744. The molecule has 2 aromatic heterocycles. The Labute approximate surface area is 237 Å². The van der Waals surface area contributed by atoms with E-state index in [0.717, 1.165) is 0 Å². The van der Waals surface area contributed by atoms with Gasteiger partial charge in [0, 0.05) is 29.1 Å². The number of hydrogen-bond acceptors (Lipinski definition) is 9. The number of benzene rings is 2. The van der Waals surface area contributed by atoms with Gasteiger partial charge in [0.05, 0.1) is 47.6 Å². The normalized spacial score (nSPS) is 14.8. The highest BCUT2D eigenvalue weighted by molar-refractivity contribution is 7.07. The smallest absolute Gasteiger partial charge is 0.338 e. The summed E-state index contributed by atoms with van der Waals surface area (Å²) in [6.45, 7) is 3.63. The van der Waals surface area contributed by atoms with E-state index in [-0.39, 0.29) is 23.4 Å². The van der Waals surface area contributed by atoms with Crippen LogP contribution in [0.15, 0.2) is 75.7 Å². The lowest BCUT2D eigenvalue weighted by atomic mass is 9.96. The van der Waals surface area contributed by atoms with Crippen LogP contribution in [0, 0.1) is 10.1 Å². The Morgan fingerprint density at radius 2 is 1.90 bits per heavy atom. The van der Waals surface area contributed by atoms with Crippen LogP contribution in [0.2, 0.25) is 0 Å². The summed E-state index contributed by atoms with van der Waals surface area (Å²) >= 11 is 1.20. The van der Waals surface area contributed by atoms with E-state index in [1.54, 1.807) is 51.3 Å². The quantitative estimate of drug-likeness (QED) is 0.192. The average molecular weight is 575 g/mol. The Morgan fingerprint density at radius 3 is 2.56 bits per heavy atom. The van der Waals surface area contributed by atoms with Crippen molar-refractivity contribution in [2.24, 2.45) is 4.99 Å². The van der Waals surface area contributed by atoms with Gasteiger partial charge in [0.1, 0.15) is 11.5 Å². The van der Waals surface area contributed by atoms with E-state index in [2.05, 4.69) is 9.98 Å². The topological polar surface area (TPSA) is 138 Å². The number of thiazole rings is 1. The number of fused-ring (bicyclic) bond motifs is 1. The molecule has 2 aromatic carbocycles. The number of nitro benzene ring substituents is 1. The Hall–Kier alpha value is -4.97. The maximum atomic E-state index is 13.8. The number of nitrogens with zero attached hydrogens (tertiary/aromatic N) is 3. The summed E-state index contributed by atoms with van der Waals surface area (Å²) in [5.74, 6) is 0.566. The number of rotatable bonds is 8. The molecule has 210 valence electrons. The molecule has 0 saturated carbocycles. The van der Waals surface area contributed by atoms with Crippen molar-refractivity contribution in [3.63, 3.8) is 0 Å². The van der Waals surface area contributed by atoms with Crippen molar-refractivity contribution >= 4 is 29.1 Å². The van der Waals surface area contributed by atoms with Crippen molar-refractivity contribution in [1.29, 1.82) is 0 Å². The summed E-state index contributed by atoms with van der Waals surface area (Å²) in [5, 5.41) is 11.3. The number of esters is 1. The van der Waals surface area contributed by atoms with E-state index in [0.29, 0.717) is 49.0 Å². The predicted octanol–water partition coefficient (Wildman–Crippen LogP) is 3.72. The molecule has 1 atom stereocenters. The molecule has 3 heterocycles. The first-order valence-electron chi connectivity index (χ1n) is 12.6. The molecule has 0 amide bonds. The highest BCUT2D eigenvalue weighted by Gasteiger charge is 2.33. The van der Waals surface area contributed by atoms with Crippen LogP contribution in [0.25, 0.3) is 17.3 Å². The first-order chi connectivity index (χ1) is 19.7. The fraction of sp³-hybridized carbons (Fsp3) is 0.207. The molecule has 0 aliphatic carbocycles. The Kier molecular flexibility index (Phi) is 7.58. The number of ether oxygens (including phenoxy) is 3. The van der Waals surface area contributed by atoms with Gasteiger partial charge in [-0.05, 0) is 55.8 Å². The van der Waals surface area contributed by atoms with Crippen molar-refractivity contribution in [2.45, 2.75) is 19.9 Å². The zero-order valence-electron chi connectivity index (χ0n) is 22.7. The van der Waals surface area contributed by atoms with E-state index in [1.165, 1.54) is 41.2 Å². The lowest BCUT2D eigenvalue weighted by Gasteiger charge is -2.24. The zero-order chi connectivity index (χ0) is 29.3. The van der Waals surface area contributed by atoms with Crippen LogP contribution in [-0.4, -0.2) is 41.3 Å². The van der Waals surface area contributed by atoms with Crippen molar-refractivity contribution in [2.75, 3.05) is 20.8 Å². The minimum absolute atomic E-state index is 0.0726. The average Bonchev–Trinajstić information content (AvgIpc) is 3.56. The van der Waals surface area contributed by atoms with Crippen LogP contribution in [0.3, 0.4) is 0 Å². The second-order valence-electron chi connectivity index (χ2n) is 9.04. The molecule has 1 unspecified atom stereocenters. The van der Waals surface area contributed by atoms with Crippen LogP contribution >= 0.6 is 11.3 Å². The second-order valence-corrected chi connectivity index (χ2v) is 10.1. The maximum Gasteiger partial charge on any atom is 0.338 e. The number of hydrogen-bond donors (Lipinski definition) is 1. The summed E-state index contributed by atoms with van der Waals surface area (Å²) in [6, 6.07) is 14.3. The molecule has 1 aliphatic rings. The minimum Gasteiger partial charge on any atom is -0.497 e. The lowest BCUT2D eigenvalue weighted by Crippen LogP contribution is -2.39. The summed E-state index contributed by atoms with van der Waals surface area (Å²) in [5.41, 5.74) is 2.76. The molecule has 0 spiro atoms. The Morgan fingerprint density at radius 1 is 1.15 bits per heavy atom. The van der Waals surface area contributed by atoms with Gasteiger partial charge in [0.2, 0.25) is 0 Å². The molecule has 4 aromatic rings. The van der Waals surface area contributed by atoms with E-state index in [4.69, 9.17) is 14.2 Å². The largest absolute Gasteiger partial charge is 0.497 e. The number of nitrogens with one attached hydrogen (secondary N) is 1. The highest BCUT2D eigenvalue weighted by atomic mass is 32.1. The third-order valence-corrected chi connectivity index (χ3v) is 7.61. The van der Waals surface area contributed by atoms with Gasteiger partial charge in [-0.1, -0.05) is 23.5 Å². The molecular weight excluding hydrogens is 548 g/mol. The van der Waals surface area contributed by atoms with E-state index >= 15 is 0 Å². The van der Waals surface area contributed by atoms with Gasteiger partial charge in [-0.3, -0.25) is 19.5 Å². The predicted molar refractivity (Wildman–Crippen MR) is 153 cm³/mol. The van der Waals surface area contributed by atoms with Crippen molar-refractivity contribution in [1.82, 2.24) is 9.55 Å². The standard InChI is InChI=1S/C29H26N4O7S/c1-5-40-28(35)25-16(2)30-29-32(26(25)17-6-10-20(38-3)11-7-17)27(34)24(41-29)14-18-8-12-22(31-18)21-15-19(33(36)37)9-13-23(21)39-4/h6-15,26,31H,5H2,1-4H3. The number of nitro groups is 1. The Balaban J connectivity index is 1.62. The van der Waals surface area contributed by atoms with Gasteiger partial charge >= 0.3 is 5.97 Å². The molecule has 0 radical (unpaired) electrons. The van der Waals surface area contributed by atoms with Gasteiger partial charge in [-0.15, -0.1) is 0 Å². The SMILES string of the molecule is CCOC(=O)C1=C(C)N=c2sc(=Cc3ccc(-c4cc([N+](=O)[O-])ccc4OC)[nH]3)c(=O)n2C1c1ccc(OC)cc1. The molecule has 12 heteroatoms. The molecule has 1 aliphatic heterocycles. The fourth-order valence-electron chi connectivity index (χ4n) is 4.71. The highest BCUT2D eigenvalue weighted by Crippen LogP contribution is 2.33. The molecule has 0 bridgehead atoms. The third kappa shape index (κ3) is 5.16. The van der Waals surface area contributed by atoms with E-state index in [1.807, 2.05) is 12.1 Å². The van der Waals surface area contributed by atoms with Crippen LogP contribution in [0.4, 0.5) is 5.69 Å². The van der Waals surface area contributed by atoms with Crippen LogP contribution < -0.4 is 24.4 Å². The van der Waals surface area contributed by atoms with Crippen molar-refractivity contribution in [3.05, 3.63) is 107 Å². The number of aromatic amines is 1. The first kappa shape index (κ1) is 27.6. The molecule has 41 heavy (non-hydrogen) atoms. The van der Waals surface area contributed by atoms with Crippen LogP contribution in [-0.2, 0) is 9.53 Å². The van der Waals surface area contributed by atoms with Crippen molar-refractivity contribution in [3.8, 4) is 22.8 Å². The maximum absolute atomic E-state index is 13.8. The van der Waals surface area contributed by atoms with Gasteiger partial charge < -0.3 is 19.2 Å². The number of aromatic nitrogens is 2. The number of carbonyl (C=O) groups excluding carboxylic acids is 1. The van der Waals surface area contributed by atoms with Gasteiger partial charge in [0.25, 0.3) is 11.2 Å². The first-order valence-corrected chi connectivity index (χ1v) is 13.4. The molecule has 11 nitrogen and oxygen atoms in total. The lowest BCUT2D eigenvalue weighted by molar-refractivity contribution is -0.384. The number of non-ortho nitro benzene ring substituents is 1. The summed E-state index contributed by atoms with van der Waals surface area (Å²) < 4.78 is 17.9. The molecule has 1 N–H and O–H groups in total. The molecule has 5 rings (SSSR count). The van der Waals surface area contributed by atoms with Gasteiger partial charge in [-0.2, -0.15) is 0 Å². The number of methoxy groups -OCH3 is 2. The third-order valence-electron chi connectivity index (χ3n) is 6.63. The molecule has 0 fully saturated rings. The van der Waals surface area contributed by atoms with Crippen molar-refractivity contribution < 1.29 is 23.9 Å². The summed E-state index contributed by atoms with van der Waals surface area (Å²) in [4.78, 5) is 46.0. The van der Waals surface area contributed by atoms with Gasteiger partial charge in [-0.25, -0.2) is 9.79 Å². The van der Waals surface area contributed by atoms with Crippen LogP contribution in [0.1, 0.15) is 31.1 Å². The fourth-order valence-corrected chi connectivity index (χ4v) is 5.75. The zero-order valence-corrected chi connectivity index (χ0v) is 23.5. The number of allylic oxidation sites excluding steroid dienone is 1. The summed E-state index contributed by atoms with van der Waals surface area (Å²) in [6.07, 6.45) is 1.69. The molecular formula is C29H26N4O7S.